The highest BCUT2D eigenvalue weighted by atomic mass is 19.1. The van der Waals surface area contributed by atoms with Gasteiger partial charge in [-0.1, -0.05) is 18.2 Å². The summed E-state index contributed by atoms with van der Waals surface area (Å²) in [5.74, 6) is -0.889. The molecule has 1 unspecified atom stereocenters. The molecule has 4 N–H and O–H groups in total. The van der Waals surface area contributed by atoms with E-state index < -0.39 is 29.0 Å². The van der Waals surface area contributed by atoms with Crippen molar-refractivity contribution >= 4 is 10.9 Å². The Labute approximate surface area is 176 Å². The van der Waals surface area contributed by atoms with Crippen molar-refractivity contribution in [1.82, 2.24) is 14.5 Å². The lowest BCUT2D eigenvalue weighted by atomic mass is 9.93. The van der Waals surface area contributed by atoms with Gasteiger partial charge in [-0.2, -0.15) is 0 Å². The maximum absolute atomic E-state index is 13.4. The summed E-state index contributed by atoms with van der Waals surface area (Å²) in [5, 5.41) is 12.3. The first kappa shape index (κ1) is 19.3. The maximum atomic E-state index is 13.4. The third-order valence-corrected chi connectivity index (χ3v) is 6.19. The van der Waals surface area contributed by atoms with Crippen LogP contribution < -0.4 is 16.1 Å². The van der Waals surface area contributed by atoms with Crippen LogP contribution in [0.15, 0.2) is 58.1 Å². The van der Waals surface area contributed by atoms with Crippen LogP contribution in [0, 0.1) is 5.82 Å². The Morgan fingerprint density at radius 1 is 1.13 bits per heavy atom. The van der Waals surface area contributed by atoms with Crippen molar-refractivity contribution < 1.29 is 14.4 Å². The van der Waals surface area contributed by atoms with Crippen molar-refractivity contribution in [3.05, 3.63) is 92.0 Å². The number of hydrogen-bond acceptors (Lipinski definition) is 3. The van der Waals surface area contributed by atoms with E-state index in [2.05, 4.69) is 9.97 Å². The minimum Gasteiger partial charge on any atom is -0.494 e. The van der Waals surface area contributed by atoms with Crippen LogP contribution in [0.3, 0.4) is 0 Å². The molecule has 0 spiro atoms. The molecule has 0 amide bonds. The molecule has 5 rings (SSSR count). The SMILES string of the molecule is CC[NH+]1CCc2c([nH]c3ccccc23)[C@@H]1c1c(O)n(-c2ccc(F)cc2)c(=O)[nH]c1=O. The second kappa shape index (κ2) is 7.24. The van der Waals surface area contributed by atoms with E-state index in [9.17, 15) is 19.1 Å². The number of para-hydroxylation sites is 1. The summed E-state index contributed by atoms with van der Waals surface area (Å²) in [6, 6.07) is 12.7. The summed E-state index contributed by atoms with van der Waals surface area (Å²) in [6.07, 6.45) is 0.843. The Balaban J connectivity index is 1.78. The van der Waals surface area contributed by atoms with Gasteiger partial charge in [-0.25, -0.2) is 13.8 Å². The van der Waals surface area contributed by atoms with Crippen LogP contribution in [-0.4, -0.2) is 32.7 Å². The molecular formula is C23H22FN4O3+. The number of rotatable bonds is 3. The fourth-order valence-electron chi connectivity index (χ4n) is 4.73. The topological polar surface area (TPSA) is 95.3 Å². The molecule has 1 aliphatic rings. The van der Waals surface area contributed by atoms with Crippen LogP contribution in [0.2, 0.25) is 0 Å². The minimum atomic E-state index is -0.774. The van der Waals surface area contributed by atoms with Gasteiger partial charge in [0.15, 0.2) is 6.04 Å². The van der Waals surface area contributed by atoms with Gasteiger partial charge < -0.3 is 15.0 Å². The minimum absolute atomic E-state index is 0.119. The van der Waals surface area contributed by atoms with Crippen LogP contribution in [0.1, 0.15) is 29.8 Å². The van der Waals surface area contributed by atoms with E-state index >= 15 is 0 Å². The Bertz CT molecular complexity index is 1400. The first-order valence-corrected chi connectivity index (χ1v) is 10.3. The monoisotopic (exact) mass is 421 g/mol. The molecule has 2 aromatic heterocycles. The molecule has 1 aliphatic heterocycles. The van der Waals surface area contributed by atoms with Crippen LogP contribution in [0.4, 0.5) is 4.39 Å². The summed E-state index contributed by atoms with van der Waals surface area (Å²) in [5.41, 5.74) is 1.95. The summed E-state index contributed by atoms with van der Waals surface area (Å²) >= 11 is 0. The number of hydrogen-bond donors (Lipinski definition) is 4. The van der Waals surface area contributed by atoms with Crippen molar-refractivity contribution in [2.45, 2.75) is 19.4 Å². The van der Waals surface area contributed by atoms with E-state index in [0.717, 1.165) is 51.1 Å². The van der Waals surface area contributed by atoms with E-state index in [-0.39, 0.29) is 11.3 Å². The smallest absolute Gasteiger partial charge is 0.335 e. The molecule has 31 heavy (non-hydrogen) atoms. The van der Waals surface area contributed by atoms with Crippen LogP contribution in [-0.2, 0) is 6.42 Å². The zero-order valence-electron chi connectivity index (χ0n) is 16.9. The van der Waals surface area contributed by atoms with Gasteiger partial charge in [0, 0.05) is 17.3 Å². The highest BCUT2D eigenvalue weighted by molar-refractivity contribution is 5.85. The molecule has 4 aromatic rings. The fraction of sp³-hybridized carbons (Fsp3) is 0.217. The Morgan fingerprint density at radius 2 is 1.87 bits per heavy atom. The van der Waals surface area contributed by atoms with Gasteiger partial charge in [0.05, 0.1) is 24.5 Å². The lowest BCUT2D eigenvalue weighted by Gasteiger charge is -2.32. The second-order valence-electron chi connectivity index (χ2n) is 7.82. The van der Waals surface area contributed by atoms with Gasteiger partial charge in [-0.05, 0) is 42.8 Å². The Morgan fingerprint density at radius 3 is 2.61 bits per heavy atom. The molecule has 2 aromatic carbocycles. The molecule has 0 bridgehead atoms. The summed E-state index contributed by atoms with van der Waals surface area (Å²) in [7, 11) is 0. The number of H-pyrrole nitrogens is 2. The van der Waals surface area contributed by atoms with Gasteiger partial charge in [0.2, 0.25) is 5.88 Å². The van der Waals surface area contributed by atoms with E-state index in [1.54, 1.807) is 0 Å². The zero-order chi connectivity index (χ0) is 21.7. The van der Waals surface area contributed by atoms with Crippen molar-refractivity contribution in [3.63, 3.8) is 0 Å². The molecule has 0 aliphatic carbocycles. The molecule has 2 atom stereocenters. The van der Waals surface area contributed by atoms with E-state index in [1.807, 2.05) is 31.2 Å². The van der Waals surface area contributed by atoms with E-state index in [0.29, 0.717) is 0 Å². The molecule has 0 saturated heterocycles. The van der Waals surface area contributed by atoms with E-state index in [1.165, 1.54) is 24.3 Å². The molecule has 158 valence electrons. The van der Waals surface area contributed by atoms with Crippen molar-refractivity contribution in [3.8, 4) is 11.6 Å². The number of aromatic amines is 2. The molecule has 8 heteroatoms. The molecule has 0 saturated carbocycles. The van der Waals surface area contributed by atoms with Crippen LogP contribution in [0.25, 0.3) is 16.6 Å². The molecule has 0 radical (unpaired) electrons. The summed E-state index contributed by atoms with van der Waals surface area (Å²) in [6.45, 7) is 3.54. The Hall–Kier alpha value is -3.65. The molecule has 0 fully saturated rings. The van der Waals surface area contributed by atoms with Gasteiger partial charge in [-0.3, -0.25) is 9.78 Å². The normalized spacial score (nSPS) is 18.3. The number of benzene rings is 2. The highest BCUT2D eigenvalue weighted by Gasteiger charge is 2.39. The third kappa shape index (κ3) is 2.98. The van der Waals surface area contributed by atoms with E-state index in [4.69, 9.17) is 0 Å². The largest absolute Gasteiger partial charge is 0.494 e. The summed E-state index contributed by atoms with van der Waals surface area (Å²) in [4.78, 5) is 32.4. The standard InChI is InChI=1S/C23H21FN4O3/c1-2-27-12-11-16-15-5-3-4-6-17(15)25-19(16)20(27)18-21(29)26-23(31)28(22(18)30)14-9-7-13(24)8-10-14/h3-10,20,25,30H,2,11-12H2,1H3,(H,26,29,31)/p+1/t20-/m0/s1. The van der Waals surface area contributed by atoms with Gasteiger partial charge in [0.25, 0.3) is 5.56 Å². The van der Waals surface area contributed by atoms with Crippen molar-refractivity contribution in [2.24, 2.45) is 0 Å². The number of likely N-dealkylation sites (N-methyl/N-ethyl adjacent to an activating group) is 1. The first-order chi connectivity index (χ1) is 15.0. The molecule has 7 nitrogen and oxygen atoms in total. The number of nitrogens with one attached hydrogen (secondary N) is 3. The molecular weight excluding hydrogens is 399 g/mol. The van der Waals surface area contributed by atoms with Crippen LogP contribution in [0.5, 0.6) is 5.88 Å². The Kier molecular flexibility index (Phi) is 4.51. The second-order valence-corrected chi connectivity index (χ2v) is 7.82. The maximum Gasteiger partial charge on any atom is 0.335 e. The number of aromatic hydroxyl groups is 1. The average Bonchev–Trinajstić information content (AvgIpc) is 3.14. The molecule has 3 heterocycles. The predicted molar refractivity (Wildman–Crippen MR) is 114 cm³/mol. The number of halogens is 1. The fourth-order valence-corrected chi connectivity index (χ4v) is 4.73. The predicted octanol–water partition coefficient (Wildman–Crippen LogP) is 1.40. The lowest BCUT2D eigenvalue weighted by molar-refractivity contribution is -0.926. The van der Waals surface area contributed by atoms with Crippen molar-refractivity contribution in [2.75, 3.05) is 13.1 Å². The van der Waals surface area contributed by atoms with Crippen LogP contribution >= 0.6 is 0 Å². The van der Waals surface area contributed by atoms with Gasteiger partial charge in [0.1, 0.15) is 11.4 Å². The third-order valence-electron chi connectivity index (χ3n) is 6.19. The quantitative estimate of drug-likeness (QED) is 0.403. The van der Waals surface area contributed by atoms with Crippen molar-refractivity contribution in [1.29, 1.82) is 0 Å². The summed E-state index contributed by atoms with van der Waals surface area (Å²) < 4.78 is 14.4. The van der Waals surface area contributed by atoms with Gasteiger partial charge in [-0.15, -0.1) is 0 Å². The number of quaternary nitrogens is 1. The average molecular weight is 421 g/mol. The number of nitrogens with zero attached hydrogens (tertiary/aromatic N) is 1. The van der Waals surface area contributed by atoms with Gasteiger partial charge >= 0.3 is 5.69 Å². The highest BCUT2D eigenvalue weighted by Crippen LogP contribution is 2.33. The zero-order valence-corrected chi connectivity index (χ0v) is 16.9. The number of aromatic nitrogens is 3. The lowest BCUT2D eigenvalue weighted by Crippen LogP contribution is -3.13. The number of fused-ring (bicyclic) bond motifs is 3. The first-order valence-electron chi connectivity index (χ1n) is 10.3.